The van der Waals surface area contributed by atoms with E-state index in [-0.39, 0.29) is 24.8 Å². The lowest BCUT2D eigenvalue weighted by molar-refractivity contribution is 0.00578. The lowest BCUT2D eigenvalue weighted by Gasteiger charge is -2.32. The fraction of sp³-hybridized carbons (Fsp3) is 0.310. The van der Waals surface area contributed by atoms with Crippen LogP contribution >= 0.6 is 0 Å². The van der Waals surface area contributed by atoms with Crippen LogP contribution in [0.2, 0.25) is 0 Å². The molecule has 2 aromatic carbocycles. The second kappa shape index (κ2) is 9.69. The monoisotopic (exact) mass is 499 g/mol. The molecule has 1 fully saturated rings. The molecule has 7 nitrogen and oxygen atoms in total. The van der Waals surface area contributed by atoms with Crippen LogP contribution in [0.15, 0.2) is 70.6 Å². The topological polar surface area (TPSA) is 87.0 Å². The van der Waals surface area contributed by atoms with Gasteiger partial charge in [-0.3, -0.25) is 4.79 Å². The molecule has 37 heavy (non-hydrogen) atoms. The first-order chi connectivity index (χ1) is 17.7. The Balaban J connectivity index is 1.29. The number of hydrogen-bond donors (Lipinski definition) is 1. The predicted molar refractivity (Wildman–Crippen MR) is 141 cm³/mol. The minimum Gasteiger partial charge on any atom is -0.454 e. The van der Waals surface area contributed by atoms with E-state index in [0.29, 0.717) is 17.5 Å². The molecule has 1 aliphatic carbocycles. The van der Waals surface area contributed by atoms with Gasteiger partial charge in [-0.15, -0.1) is 0 Å². The van der Waals surface area contributed by atoms with E-state index in [4.69, 9.17) is 18.5 Å². The number of fused-ring (bicyclic) bond motifs is 3. The SMILES string of the molecule is CC1(C)OB(C(=Cc2ccc(C=O)o2)CNC(=O)OCC2c3ccccc3-c3ccccc32)OC1(C)C. The van der Waals surface area contributed by atoms with Gasteiger partial charge in [0.1, 0.15) is 12.4 Å². The van der Waals surface area contributed by atoms with Crippen LogP contribution in [0, 0.1) is 0 Å². The third-order valence-corrected chi connectivity index (χ3v) is 7.43. The van der Waals surface area contributed by atoms with Crippen LogP contribution in [-0.4, -0.2) is 43.9 Å². The molecule has 0 atom stereocenters. The van der Waals surface area contributed by atoms with Crippen LogP contribution in [0.4, 0.5) is 4.79 Å². The van der Waals surface area contributed by atoms with E-state index in [1.807, 2.05) is 52.0 Å². The first kappa shape index (κ1) is 25.1. The van der Waals surface area contributed by atoms with Crippen molar-refractivity contribution in [2.75, 3.05) is 13.2 Å². The summed E-state index contributed by atoms with van der Waals surface area (Å²) >= 11 is 0. The number of ether oxygens (including phenoxy) is 1. The Morgan fingerprint density at radius 2 is 1.49 bits per heavy atom. The molecular weight excluding hydrogens is 469 g/mol. The van der Waals surface area contributed by atoms with Crippen LogP contribution < -0.4 is 5.32 Å². The van der Waals surface area contributed by atoms with Gasteiger partial charge in [0, 0.05) is 12.5 Å². The first-order valence-electron chi connectivity index (χ1n) is 12.4. The summed E-state index contributed by atoms with van der Waals surface area (Å²) in [6.07, 6.45) is 1.82. The van der Waals surface area contributed by atoms with Crippen LogP contribution in [0.3, 0.4) is 0 Å². The highest BCUT2D eigenvalue weighted by Crippen LogP contribution is 2.44. The molecule has 1 N–H and O–H groups in total. The van der Waals surface area contributed by atoms with Crippen LogP contribution in [0.5, 0.6) is 0 Å². The van der Waals surface area contributed by atoms with Crippen molar-refractivity contribution in [3.05, 3.63) is 88.8 Å². The van der Waals surface area contributed by atoms with Crippen molar-refractivity contribution >= 4 is 25.6 Å². The first-order valence-corrected chi connectivity index (χ1v) is 12.4. The summed E-state index contributed by atoms with van der Waals surface area (Å²) in [7, 11) is -0.705. The summed E-state index contributed by atoms with van der Waals surface area (Å²) in [6.45, 7) is 8.17. The molecule has 1 aliphatic heterocycles. The smallest absolute Gasteiger partial charge is 0.454 e. The van der Waals surface area contributed by atoms with Crippen molar-refractivity contribution in [2.45, 2.75) is 44.8 Å². The Kier molecular flexibility index (Phi) is 6.56. The molecule has 0 spiro atoms. The number of amides is 1. The zero-order valence-corrected chi connectivity index (χ0v) is 21.4. The van der Waals surface area contributed by atoms with Gasteiger partial charge in [-0.2, -0.15) is 0 Å². The molecule has 0 saturated carbocycles. The van der Waals surface area contributed by atoms with Gasteiger partial charge >= 0.3 is 13.2 Å². The normalized spacial score (nSPS) is 17.8. The molecule has 5 rings (SSSR count). The lowest BCUT2D eigenvalue weighted by Crippen LogP contribution is -2.41. The number of rotatable bonds is 7. The van der Waals surface area contributed by atoms with E-state index in [1.165, 1.54) is 11.1 Å². The second-order valence-electron chi connectivity index (χ2n) is 10.3. The van der Waals surface area contributed by atoms with Gasteiger partial charge in [0.05, 0.1) is 11.2 Å². The van der Waals surface area contributed by atoms with Gasteiger partial charge in [-0.1, -0.05) is 48.5 Å². The summed E-state index contributed by atoms with van der Waals surface area (Å²) in [6, 6.07) is 19.7. The molecule has 190 valence electrons. The van der Waals surface area contributed by atoms with E-state index in [1.54, 1.807) is 18.2 Å². The molecular formula is C29H30BNO6. The number of benzene rings is 2. The minimum atomic E-state index is -0.705. The second-order valence-corrected chi connectivity index (χ2v) is 10.3. The fourth-order valence-corrected chi connectivity index (χ4v) is 4.71. The van der Waals surface area contributed by atoms with E-state index in [0.717, 1.165) is 11.1 Å². The van der Waals surface area contributed by atoms with Crippen molar-refractivity contribution in [3.63, 3.8) is 0 Å². The van der Waals surface area contributed by atoms with Crippen LogP contribution in [0.1, 0.15) is 61.1 Å². The Morgan fingerprint density at radius 1 is 0.919 bits per heavy atom. The van der Waals surface area contributed by atoms with E-state index in [2.05, 4.69) is 29.6 Å². The Hall–Kier alpha value is -3.62. The maximum atomic E-state index is 12.8. The maximum Gasteiger partial charge on any atom is 0.492 e. The number of aldehydes is 1. The summed E-state index contributed by atoms with van der Waals surface area (Å²) in [5, 5.41) is 2.83. The molecule has 1 amide bonds. The average Bonchev–Trinajstić information content (AvgIpc) is 3.52. The molecule has 0 bridgehead atoms. The number of hydrogen-bond acceptors (Lipinski definition) is 6. The van der Waals surface area contributed by atoms with Gasteiger partial charge in [0.15, 0.2) is 12.0 Å². The maximum absolute atomic E-state index is 12.8. The predicted octanol–water partition coefficient (Wildman–Crippen LogP) is 5.65. The standard InChI is InChI=1S/C29H30BNO6/c1-28(2)29(3,4)37-30(36-28)19(15-20-13-14-21(17-32)35-20)16-31-27(33)34-18-26-24-11-7-5-9-22(24)23-10-6-8-12-25(23)26/h5-15,17,26H,16,18H2,1-4H3,(H,31,33). The van der Waals surface area contributed by atoms with Crippen molar-refractivity contribution in [1.82, 2.24) is 5.32 Å². The fourth-order valence-electron chi connectivity index (χ4n) is 4.71. The summed E-state index contributed by atoms with van der Waals surface area (Å²) < 4.78 is 23.6. The zero-order chi connectivity index (χ0) is 26.2. The Labute approximate surface area is 216 Å². The molecule has 2 heterocycles. The van der Waals surface area contributed by atoms with E-state index >= 15 is 0 Å². The third-order valence-electron chi connectivity index (χ3n) is 7.43. The van der Waals surface area contributed by atoms with Crippen molar-refractivity contribution in [3.8, 4) is 11.1 Å². The highest BCUT2D eigenvalue weighted by atomic mass is 16.7. The van der Waals surface area contributed by atoms with Gasteiger partial charge in [-0.05, 0) is 73.6 Å². The summed E-state index contributed by atoms with van der Waals surface area (Å²) in [5.74, 6) is 0.645. The van der Waals surface area contributed by atoms with E-state index in [9.17, 15) is 9.59 Å². The van der Waals surface area contributed by atoms with Gasteiger partial charge in [0.2, 0.25) is 0 Å². The molecule has 8 heteroatoms. The number of carbonyl (C=O) groups is 2. The molecule has 0 unspecified atom stereocenters. The summed E-state index contributed by atoms with van der Waals surface area (Å²) in [4.78, 5) is 23.8. The van der Waals surface area contributed by atoms with Crippen LogP contribution in [-0.2, 0) is 14.0 Å². The third kappa shape index (κ3) is 4.87. The average molecular weight is 499 g/mol. The van der Waals surface area contributed by atoms with Gasteiger partial charge in [-0.25, -0.2) is 4.79 Å². The Bertz CT molecular complexity index is 1300. The number of carbonyl (C=O) groups excluding carboxylic acids is 2. The number of alkyl carbamates (subject to hydrolysis) is 1. The van der Waals surface area contributed by atoms with Gasteiger partial charge in [0.25, 0.3) is 0 Å². The highest BCUT2D eigenvalue weighted by Gasteiger charge is 2.52. The summed E-state index contributed by atoms with van der Waals surface area (Å²) in [5.41, 5.74) is 4.17. The molecule has 1 aromatic heterocycles. The molecule has 3 aromatic rings. The Morgan fingerprint density at radius 3 is 2.05 bits per heavy atom. The van der Waals surface area contributed by atoms with Crippen LogP contribution in [0.25, 0.3) is 17.2 Å². The van der Waals surface area contributed by atoms with Crippen molar-refractivity contribution in [1.29, 1.82) is 0 Å². The number of furan rings is 1. The van der Waals surface area contributed by atoms with E-state index < -0.39 is 24.4 Å². The zero-order valence-electron chi connectivity index (χ0n) is 21.4. The highest BCUT2D eigenvalue weighted by molar-refractivity contribution is 6.56. The minimum absolute atomic E-state index is 0.0267. The number of nitrogens with one attached hydrogen (secondary N) is 1. The largest absolute Gasteiger partial charge is 0.492 e. The quantitative estimate of drug-likeness (QED) is 0.334. The molecule has 2 aliphatic rings. The van der Waals surface area contributed by atoms with Crippen molar-refractivity contribution in [2.24, 2.45) is 0 Å². The molecule has 1 saturated heterocycles. The van der Waals surface area contributed by atoms with Gasteiger partial charge < -0.3 is 23.8 Å². The lowest BCUT2D eigenvalue weighted by atomic mass is 9.77. The molecule has 0 radical (unpaired) electrons. The van der Waals surface area contributed by atoms with Crippen molar-refractivity contribution < 1.29 is 28.1 Å².